The van der Waals surface area contributed by atoms with Gasteiger partial charge in [0.05, 0.1) is 24.6 Å². The summed E-state index contributed by atoms with van der Waals surface area (Å²) >= 11 is 2.25. The highest BCUT2D eigenvalue weighted by Crippen LogP contribution is 2.42. The first-order valence-corrected chi connectivity index (χ1v) is 16.8. The van der Waals surface area contributed by atoms with Crippen molar-refractivity contribution in [2.45, 2.75) is 53.7 Å². The monoisotopic (exact) mass is 656 g/mol. The quantitative estimate of drug-likeness (QED) is 0.0936. The maximum absolute atomic E-state index is 14.3. The minimum Gasteiger partial charge on any atom is -0.444 e. The summed E-state index contributed by atoms with van der Waals surface area (Å²) in [6.45, 7) is 7.16. The summed E-state index contributed by atoms with van der Waals surface area (Å²) in [5, 5.41) is 29.8. The third-order valence-electron chi connectivity index (χ3n) is 6.03. The van der Waals surface area contributed by atoms with Crippen LogP contribution >= 0.6 is 23.1 Å². The minimum absolute atomic E-state index is 0.0526. The molecule has 232 valence electrons. The zero-order chi connectivity index (χ0) is 32.1. The molecule has 16 heteroatoms. The largest absolute Gasteiger partial charge is 0.444 e. The fourth-order valence-electron chi connectivity index (χ4n) is 4.11. The van der Waals surface area contributed by atoms with Crippen LogP contribution in [0.25, 0.3) is 11.1 Å². The van der Waals surface area contributed by atoms with Gasteiger partial charge in [0.25, 0.3) is 0 Å². The number of carbonyl (C=O) groups is 2. The van der Waals surface area contributed by atoms with Gasteiger partial charge in [0.15, 0.2) is 5.82 Å². The summed E-state index contributed by atoms with van der Waals surface area (Å²) in [4.78, 5) is 25.4. The lowest BCUT2D eigenvalue weighted by atomic mass is 9.99. The van der Waals surface area contributed by atoms with Crippen LogP contribution < -0.4 is 16.0 Å². The normalized spacial score (nSPS) is 11.6. The van der Waals surface area contributed by atoms with Crippen LogP contribution in [-0.4, -0.2) is 65.4 Å². The summed E-state index contributed by atoms with van der Waals surface area (Å²) in [5.74, 6) is 0.118. The number of amidine groups is 1. The predicted octanol–water partition coefficient (Wildman–Crippen LogP) is 5.01. The number of aryl methyl sites for hydroxylation is 1. The van der Waals surface area contributed by atoms with Crippen molar-refractivity contribution in [3.8, 4) is 11.1 Å². The fourth-order valence-corrected chi connectivity index (χ4v) is 8.19. The van der Waals surface area contributed by atoms with E-state index in [9.17, 15) is 18.0 Å². The van der Waals surface area contributed by atoms with Crippen LogP contribution in [0.15, 0.2) is 62.5 Å². The summed E-state index contributed by atoms with van der Waals surface area (Å²) in [7, 11) is -4.25. The van der Waals surface area contributed by atoms with E-state index in [4.69, 9.17) is 10.1 Å². The molecule has 2 heterocycles. The second-order valence-corrected chi connectivity index (χ2v) is 14.4. The van der Waals surface area contributed by atoms with Crippen LogP contribution in [0.4, 0.5) is 15.3 Å². The lowest BCUT2D eigenvalue weighted by molar-refractivity contribution is 0.0563. The second-order valence-electron chi connectivity index (χ2n) is 10.4. The smallest absolute Gasteiger partial charge is 0.413 e. The van der Waals surface area contributed by atoms with Gasteiger partial charge in [0.1, 0.15) is 11.4 Å². The van der Waals surface area contributed by atoms with Crippen molar-refractivity contribution >= 4 is 56.6 Å². The molecule has 0 atom stereocenters. The Labute approximate surface area is 263 Å². The highest BCUT2D eigenvalue weighted by atomic mass is 32.2. The van der Waals surface area contributed by atoms with Crippen molar-refractivity contribution in [1.29, 1.82) is 5.41 Å². The SMILES string of the molecule is CSc1sc(C(=N)NC(=O)OC(C)(C)C)cc1S(=O)(=O)c1cccc(-c2ccccc2C)c1NC(=O)NCCc1nn[nH]n1. The van der Waals surface area contributed by atoms with Crippen LogP contribution in [0.5, 0.6) is 0 Å². The summed E-state index contributed by atoms with van der Waals surface area (Å²) < 4.78 is 34.3. The molecule has 44 heavy (non-hydrogen) atoms. The molecule has 5 N–H and O–H groups in total. The Balaban J connectivity index is 1.72. The highest BCUT2D eigenvalue weighted by Gasteiger charge is 2.30. The van der Waals surface area contributed by atoms with Gasteiger partial charge in [-0.3, -0.25) is 10.7 Å². The van der Waals surface area contributed by atoms with E-state index in [1.54, 1.807) is 39.2 Å². The van der Waals surface area contributed by atoms with Gasteiger partial charge >= 0.3 is 12.1 Å². The van der Waals surface area contributed by atoms with Gasteiger partial charge in [-0.05, 0) is 57.2 Å². The maximum atomic E-state index is 14.3. The van der Waals surface area contributed by atoms with E-state index < -0.39 is 27.6 Å². The molecule has 0 bridgehead atoms. The fraction of sp³-hybridized carbons (Fsp3) is 0.286. The van der Waals surface area contributed by atoms with Gasteiger partial charge in [-0.15, -0.1) is 33.3 Å². The number of H-pyrrole nitrogens is 1. The maximum Gasteiger partial charge on any atom is 0.413 e. The number of thioether (sulfide) groups is 1. The van der Waals surface area contributed by atoms with Crippen LogP contribution in [0.1, 0.15) is 37.0 Å². The van der Waals surface area contributed by atoms with Gasteiger partial charge in [-0.2, -0.15) is 5.21 Å². The molecule has 3 amide bonds. The summed E-state index contributed by atoms with van der Waals surface area (Å²) in [5.41, 5.74) is 1.46. The van der Waals surface area contributed by atoms with Gasteiger partial charge in [0.2, 0.25) is 9.84 Å². The number of aromatic amines is 1. The number of alkyl carbamates (subject to hydrolysis) is 1. The predicted molar refractivity (Wildman–Crippen MR) is 169 cm³/mol. The number of tetrazole rings is 1. The van der Waals surface area contributed by atoms with Crippen molar-refractivity contribution in [2.24, 2.45) is 0 Å². The molecule has 0 spiro atoms. The number of nitrogens with zero attached hydrogens (tertiary/aromatic N) is 3. The van der Waals surface area contributed by atoms with E-state index in [2.05, 4.69) is 36.6 Å². The molecule has 2 aromatic heterocycles. The lowest BCUT2D eigenvalue weighted by Crippen LogP contribution is -2.36. The number of amides is 3. The third-order valence-corrected chi connectivity index (χ3v) is 10.4. The highest BCUT2D eigenvalue weighted by molar-refractivity contribution is 8.01. The number of ether oxygens (including phenoxy) is 1. The molecule has 0 aliphatic carbocycles. The molecule has 0 saturated carbocycles. The van der Waals surface area contributed by atoms with E-state index in [0.717, 1.165) is 22.5 Å². The van der Waals surface area contributed by atoms with Crippen molar-refractivity contribution in [3.63, 3.8) is 0 Å². The van der Waals surface area contributed by atoms with Crippen molar-refractivity contribution in [3.05, 3.63) is 64.8 Å². The van der Waals surface area contributed by atoms with Crippen molar-refractivity contribution in [2.75, 3.05) is 18.1 Å². The number of para-hydroxylation sites is 1. The van der Waals surface area contributed by atoms with Crippen LogP contribution in [0, 0.1) is 12.3 Å². The molecular weight excluding hydrogens is 625 g/mol. The Morgan fingerprint density at radius 3 is 2.48 bits per heavy atom. The molecule has 4 rings (SSSR count). The molecule has 0 aliphatic heterocycles. The Morgan fingerprint density at radius 2 is 1.82 bits per heavy atom. The molecule has 0 unspecified atom stereocenters. The molecular formula is C28H32N8O5S3. The number of benzene rings is 2. The number of aromatic nitrogens is 4. The first-order valence-electron chi connectivity index (χ1n) is 13.3. The van der Waals surface area contributed by atoms with E-state index in [1.165, 1.54) is 23.9 Å². The Hall–Kier alpha value is -4.28. The van der Waals surface area contributed by atoms with Gasteiger partial charge in [-0.25, -0.2) is 18.0 Å². The number of carbonyl (C=O) groups excluding carboxylic acids is 2. The topological polar surface area (TPSA) is 192 Å². The second kappa shape index (κ2) is 13.6. The van der Waals surface area contributed by atoms with Gasteiger partial charge < -0.3 is 15.4 Å². The number of urea groups is 1. The van der Waals surface area contributed by atoms with Crippen LogP contribution in [0.3, 0.4) is 0 Å². The number of rotatable bonds is 9. The van der Waals surface area contributed by atoms with E-state index in [1.807, 2.05) is 31.2 Å². The molecule has 0 radical (unpaired) electrons. The number of anilines is 1. The van der Waals surface area contributed by atoms with Gasteiger partial charge in [-0.1, -0.05) is 41.6 Å². The Morgan fingerprint density at radius 1 is 1.09 bits per heavy atom. The molecule has 0 saturated heterocycles. The van der Waals surface area contributed by atoms with E-state index in [-0.39, 0.29) is 32.7 Å². The summed E-state index contributed by atoms with van der Waals surface area (Å²) in [6, 6.07) is 13.0. The molecule has 0 aliphatic rings. The van der Waals surface area contributed by atoms with Crippen molar-refractivity contribution in [1.82, 2.24) is 31.3 Å². The van der Waals surface area contributed by atoms with Crippen LogP contribution in [0.2, 0.25) is 0 Å². The zero-order valence-corrected chi connectivity index (χ0v) is 27.1. The Kier molecular flexibility index (Phi) is 10.1. The third kappa shape index (κ3) is 7.81. The number of hydrogen-bond acceptors (Lipinski definition) is 11. The first kappa shape index (κ1) is 32.6. The van der Waals surface area contributed by atoms with Crippen molar-refractivity contribution < 1.29 is 22.7 Å². The average Bonchev–Trinajstić information content (AvgIpc) is 3.63. The average molecular weight is 657 g/mol. The standard InChI is InChI=1S/C28H32N8O5S3/c1-16-9-6-7-10-17(16)18-11-8-12-20(23(18)31-26(37)30-14-13-22-33-35-36-34-22)44(39,40)21-15-19(43-25(21)42-5)24(29)32-27(38)41-28(2,3)4/h6-12,15H,13-14H2,1-5H3,(H2,29,32,38)(H2,30,31,37)(H,33,34,35,36). The van der Waals surface area contributed by atoms with Gasteiger partial charge in [0, 0.05) is 18.5 Å². The molecule has 0 fully saturated rings. The van der Waals surface area contributed by atoms with E-state index in [0.29, 0.717) is 22.0 Å². The first-order chi connectivity index (χ1) is 20.8. The Bertz CT molecular complexity index is 1780. The number of nitrogens with one attached hydrogen (secondary N) is 5. The molecule has 13 nitrogen and oxygen atoms in total. The number of hydrogen-bond donors (Lipinski definition) is 5. The number of thiophene rings is 1. The lowest BCUT2D eigenvalue weighted by Gasteiger charge is -2.19. The number of sulfone groups is 1. The van der Waals surface area contributed by atoms with Crippen LogP contribution in [-0.2, 0) is 21.0 Å². The summed E-state index contributed by atoms with van der Waals surface area (Å²) in [6.07, 6.45) is 1.21. The molecule has 2 aromatic carbocycles. The van der Waals surface area contributed by atoms with E-state index >= 15 is 0 Å². The minimum atomic E-state index is -4.25. The zero-order valence-electron chi connectivity index (χ0n) is 24.6. The molecule has 4 aromatic rings.